The molecule has 1 saturated heterocycles. The van der Waals surface area contributed by atoms with Crippen molar-refractivity contribution in [1.82, 2.24) is 14.8 Å². The monoisotopic (exact) mass is 286 g/mol. The first-order valence-electron chi connectivity index (χ1n) is 5.26. The van der Waals surface area contributed by atoms with Gasteiger partial charge >= 0.3 is 5.69 Å². The Hall–Kier alpha value is -1.66. The van der Waals surface area contributed by atoms with E-state index >= 15 is 0 Å². The number of rotatable bonds is 2. The van der Waals surface area contributed by atoms with Crippen LogP contribution in [0.4, 0.5) is 5.82 Å². The van der Waals surface area contributed by atoms with Gasteiger partial charge in [-0.25, -0.2) is 4.79 Å². The molecule has 0 spiro atoms. The summed E-state index contributed by atoms with van der Waals surface area (Å²) in [5, 5.41) is 22.7. The van der Waals surface area contributed by atoms with Gasteiger partial charge in [0.05, 0.1) is 12.8 Å². The van der Waals surface area contributed by atoms with E-state index < -0.39 is 35.6 Å². The van der Waals surface area contributed by atoms with Gasteiger partial charge in [0.15, 0.2) is 11.1 Å². The summed E-state index contributed by atoms with van der Waals surface area (Å²) in [5.41, 5.74) is 4.49. The first kappa shape index (κ1) is 13.8. The van der Waals surface area contributed by atoms with Crippen molar-refractivity contribution >= 4 is 17.4 Å². The van der Waals surface area contributed by atoms with Crippen molar-refractivity contribution in [3.8, 4) is 12.3 Å². The smallest absolute Gasteiger partial charge is 0.368 e. The Kier molecular flexibility index (Phi) is 3.47. The molecule has 0 saturated carbocycles. The molecule has 2 rings (SSSR count). The quantitative estimate of drug-likeness (QED) is 0.428. The Balaban J connectivity index is 2.49. The predicted molar refractivity (Wildman–Crippen MR) is 65.1 cm³/mol. The summed E-state index contributed by atoms with van der Waals surface area (Å²) < 4.78 is 6.06. The summed E-state index contributed by atoms with van der Waals surface area (Å²) >= 11 is 6.11. The summed E-state index contributed by atoms with van der Waals surface area (Å²) in [6.45, 7) is -0.509. The molecule has 0 aliphatic carbocycles. The van der Waals surface area contributed by atoms with E-state index in [1.54, 1.807) is 0 Å². The zero-order valence-electron chi connectivity index (χ0n) is 9.60. The number of aliphatic hydroxyl groups excluding tert-OH is 2. The number of ether oxygens (including phenoxy) is 1. The van der Waals surface area contributed by atoms with Crippen LogP contribution in [0.3, 0.4) is 0 Å². The summed E-state index contributed by atoms with van der Waals surface area (Å²) in [4.78, 5) is 13.4. The molecule has 9 heteroatoms. The third-order valence-electron chi connectivity index (χ3n) is 2.80. The number of halogens is 1. The molecule has 0 radical (unpaired) electrons. The van der Waals surface area contributed by atoms with Crippen LogP contribution in [0.2, 0.25) is 0 Å². The van der Waals surface area contributed by atoms with Crippen LogP contribution < -0.4 is 11.4 Å². The van der Waals surface area contributed by atoms with Crippen molar-refractivity contribution in [3.63, 3.8) is 0 Å². The van der Waals surface area contributed by atoms with E-state index in [0.717, 1.165) is 10.9 Å². The Morgan fingerprint density at radius 1 is 1.74 bits per heavy atom. The zero-order chi connectivity index (χ0) is 14.2. The summed E-state index contributed by atoms with van der Waals surface area (Å²) in [6.07, 6.45) is 2.77. The van der Waals surface area contributed by atoms with Crippen LogP contribution in [0.5, 0.6) is 0 Å². The van der Waals surface area contributed by atoms with E-state index in [0.29, 0.717) is 0 Å². The fourth-order valence-corrected chi connectivity index (χ4v) is 2.10. The highest BCUT2D eigenvalue weighted by Gasteiger charge is 2.56. The molecule has 0 amide bonds. The maximum absolute atomic E-state index is 11.7. The molecular weight excluding hydrogens is 276 g/mol. The van der Waals surface area contributed by atoms with E-state index in [2.05, 4.69) is 16.0 Å². The highest BCUT2D eigenvalue weighted by Crippen LogP contribution is 2.41. The molecule has 1 aromatic rings. The first-order valence-corrected chi connectivity index (χ1v) is 5.64. The predicted octanol–water partition coefficient (Wildman–Crippen LogP) is -1.92. The van der Waals surface area contributed by atoms with E-state index in [4.69, 9.17) is 33.6 Å². The van der Waals surface area contributed by atoms with Crippen LogP contribution in [-0.2, 0) is 4.74 Å². The van der Waals surface area contributed by atoms with Gasteiger partial charge in [0.2, 0.25) is 0 Å². The summed E-state index contributed by atoms with van der Waals surface area (Å²) in [6, 6.07) is 0. The van der Waals surface area contributed by atoms with Crippen molar-refractivity contribution < 1.29 is 14.9 Å². The largest absolute Gasteiger partial charge is 0.394 e. The molecular formula is C10H11ClN4O4. The van der Waals surface area contributed by atoms with Gasteiger partial charge in [0, 0.05) is 0 Å². The van der Waals surface area contributed by atoms with Gasteiger partial charge in [-0.15, -0.1) is 6.42 Å². The molecule has 2 heterocycles. The number of hydrogen-bond acceptors (Lipinski definition) is 7. The highest BCUT2D eigenvalue weighted by atomic mass is 35.5. The zero-order valence-corrected chi connectivity index (χ0v) is 10.4. The number of aromatic nitrogens is 3. The van der Waals surface area contributed by atoms with Crippen molar-refractivity contribution in [2.75, 3.05) is 12.3 Å². The fraction of sp³-hybridized carbons (Fsp3) is 0.500. The lowest BCUT2D eigenvalue weighted by molar-refractivity contribution is -0.0512. The van der Waals surface area contributed by atoms with Gasteiger partial charge in [0.1, 0.15) is 18.0 Å². The van der Waals surface area contributed by atoms with Crippen LogP contribution in [0.25, 0.3) is 0 Å². The van der Waals surface area contributed by atoms with E-state index in [-0.39, 0.29) is 5.82 Å². The average Bonchev–Trinajstić information content (AvgIpc) is 2.63. The Labute approximate surface area is 112 Å². The Bertz CT molecular complexity index is 586. The summed E-state index contributed by atoms with van der Waals surface area (Å²) in [5.74, 6) is 2.10. The van der Waals surface area contributed by atoms with E-state index in [1.807, 2.05) is 0 Å². The highest BCUT2D eigenvalue weighted by molar-refractivity contribution is 6.27. The molecule has 1 unspecified atom stereocenters. The Morgan fingerprint density at radius 2 is 2.42 bits per heavy atom. The fourth-order valence-electron chi connectivity index (χ4n) is 1.81. The molecule has 19 heavy (non-hydrogen) atoms. The number of nitrogen functional groups attached to an aromatic ring is 1. The second-order valence-corrected chi connectivity index (χ2v) is 4.60. The second kappa shape index (κ2) is 4.79. The molecule has 1 aromatic heterocycles. The van der Waals surface area contributed by atoms with E-state index in [1.165, 1.54) is 0 Å². The summed E-state index contributed by atoms with van der Waals surface area (Å²) in [7, 11) is 0. The van der Waals surface area contributed by atoms with Gasteiger partial charge in [-0.2, -0.15) is 14.8 Å². The third-order valence-corrected chi connectivity index (χ3v) is 3.32. The van der Waals surface area contributed by atoms with Crippen LogP contribution in [-0.4, -0.2) is 48.7 Å². The van der Waals surface area contributed by atoms with Gasteiger partial charge < -0.3 is 20.7 Å². The topological polar surface area (TPSA) is 123 Å². The van der Waals surface area contributed by atoms with E-state index in [9.17, 15) is 9.90 Å². The van der Waals surface area contributed by atoms with Crippen molar-refractivity contribution in [1.29, 1.82) is 0 Å². The maximum atomic E-state index is 11.7. The number of terminal acetylenes is 1. The maximum Gasteiger partial charge on any atom is 0.368 e. The average molecular weight is 287 g/mol. The molecule has 1 aliphatic rings. The number of alkyl halides is 1. The second-order valence-electron chi connectivity index (χ2n) is 3.98. The molecule has 1 aliphatic heterocycles. The number of anilines is 1. The minimum atomic E-state index is -1.73. The minimum absolute atomic E-state index is 0.0700. The number of nitrogens with two attached hydrogens (primary N) is 1. The molecule has 0 bridgehead atoms. The molecule has 1 fully saturated rings. The molecule has 4 atom stereocenters. The Morgan fingerprint density at radius 3 is 2.95 bits per heavy atom. The van der Waals surface area contributed by atoms with Gasteiger partial charge in [-0.3, -0.25) is 0 Å². The molecule has 4 N–H and O–H groups in total. The lowest BCUT2D eigenvalue weighted by Crippen LogP contribution is -2.44. The number of nitrogens with zero attached hydrogens (tertiary/aromatic N) is 3. The molecule has 0 aromatic carbocycles. The third kappa shape index (κ3) is 2.06. The van der Waals surface area contributed by atoms with Crippen LogP contribution in [0, 0.1) is 12.3 Å². The van der Waals surface area contributed by atoms with Crippen molar-refractivity contribution in [2.45, 2.75) is 23.3 Å². The van der Waals surface area contributed by atoms with Gasteiger partial charge in [-0.1, -0.05) is 17.5 Å². The number of hydrogen-bond donors (Lipinski definition) is 3. The SMILES string of the molecule is C#C[C@@]1(Cl)C(O)[C@@H](CO)O[C@H]1n1ncc(N)nc1=O. The van der Waals surface area contributed by atoms with Crippen LogP contribution in [0.1, 0.15) is 6.23 Å². The molecule has 102 valence electrons. The van der Waals surface area contributed by atoms with Gasteiger partial charge in [-0.05, 0) is 0 Å². The lowest BCUT2D eigenvalue weighted by atomic mass is 10.00. The van der Waals surface area contributed by atoms with Crippen molar-refractivity contribution in [3.05, 3.63) is 16.7 Å². The van der Waals surface area contributed by atoms with Crippen LogP contribution >= 0.6 is 11.6 Å². The normalized spacial score (nSPS) is 34.1. The number of aliphatic hydroxyl groups is 2. The van der Waals surface area contributed by atoms with Gasteiger partial charge in [0.25, 0.3) is 0 Å². The molecule has 8 nitrogen and oxygen atoms in total. The first-order chi connectivity index (χ1) is 8.93. The van der Waals surface area contributed by atoms with Crippen LogP contribution in [0.15, 0.2) is 11.0 Å². The lowest BCUT2D eigenvalue weighted by Gasteiger charge is -2.24. The standard InChI is InChI=1S/C10H11ClN4O4/c1-2-10(11)7(17)5(4-16)19-8(10)15-9(18)14-6(12)3-13-15/h1,3,5,7-8,16-17H,4H2,(H2,12,14,18)/t5-,7?,8-,10-/m1/s1. The minimum Gasteiger partial charge on any atom is -0.394 e. The van der Waals surface area contributed by atoms with Crippen molar-refractivity contribution in [2.24, 2.45) is 0 Å².